The fourth-order valence-electron chi connectivity index (χ4n) is 2.72. The monoisotopic (exact) mass is 406 g/mol. The highest BCUT2D eigenvalue weighted by atomic mass is 16.6. The van der Waals surface area contributed by atoms with Crippen molar-refractivity contribution < 1.29 is 9.72 Å². The zero-order chi connectivity index (χ0) is 21.7. The van der Waals surface area contributed by atoms with Gasteiger partial charge in [0.05, 0.1) is 4.92 Å². The Morgan fingerprint density at radius 1 is 1.00 bits per heavy atom. The maximum atomic E-state index is 12.3. The summed E-state index contributed by atoms with van der Waals surface area (Å²) in [5.41, 5.74) is 7.80. The molecule has 0 aliphatic carbocycles. The van der Waals surface area contributed by atoms with Crippen LogP contribution in [0.4, 0.5) is 23.0 Å². The van der Waals surface area contributed by atoms with Crippen molar-refractivity contribution in [1.29, 1.82) is 0 Å². The smallest absolute Gasteiger partial charge is 0.334 e. The van der Waals surface area contributed by atoms with Crippen molar-refractivity contribution in [1.82, 2.24) is 15.4 Å². The molecule has 9 heteroatoms. The first-order valence-electron chi connectivity index (χ1n) is 9.34. The number of benzene rings is 2. The molecule has 3 N–H and O–H groups in total. The van der Waals surface area contributed by atoms with Gasteiger partial charge in [-0.1, -0.05) is 43.7 Å². The molecule has 0 atom stereocenters. The van der Waals surface area contributed by atoms with Crippen LogP contribution in [0.15, 0.2) is 54.9 Å². The number of rotatable bonds is 7. The summed E-state index contributed by atoms with van der Waals surface area (Å²) in [7, 11) is 0. The number of carbonyl (C=O) groups is 1. The summed E-state index contributed by atoms with van der Waals surface area (Å²) in [6.45, 7) is 6.08. The van der Waals surface area contributed by atoms with Gasteiger partial charge in [-0.25, -0.2) is 9.97 Å². The van der Waals surface area contributed by atoms with Gasteiger partial charge in [0.15, 0.2) is 0 Å². The van der Waals surface area contributed by atoms with Crippen LogP contribution in [0.3, 0.4) is 0 Å². The molecule has 154 valence electrons. The Kier molecular flexibility index (Phi) is 6.21. The molecule has 0 aliphatic rings. The van der Waals surface area contributed by atoms with Gasteiger partial charge in [0.2, 0.25) is 11.6 Å². The van der Waals surface area contributed by atoms with Crippen LogP contribution in [0.2, 0.25) is 0 Å². The summed E-state index contributed by atoms with van der Waals surface area (Å²) in [5, 5.41) is 14.6. The van der Waals surface area contributed by atoms with E-state index in [1.807, 2.05) is 31.2 Å². The van der Waals surface area contributed by atoms with Crippen LogP contribution in [-0.4, -0.2) is 20.8 Å². The number of nitrogens with one attached hydrogen (secondary N) is 3. The first-order valence-corrected chi connectivity index (χ1v) is 9.34. The Morgan fingerprint density at radius 3 is 2.23 bits per heavy atom. The van der Waals surface area contributed by atoms with Crippen molar-refractivity contribution in [2.45, 2.75) is 26.7 Å². The molecule has 0 fully saturated rings. The molecule has 0 saturated heterocycles. The van der Waals surface area contributed by atoms with Gasteiger partial charge in [-0.3, -0.25) is 25.8 Å². The van der Waals surface area contributed by atoms with Gasteiger partial charge in [-0.2, -0.15) is 0 Å². The number of hydrazine groups is 1. The average molecular weight is 406 g/mol. The second-order valence-electron chi connectivity index (χ2n) is 7.02. The van der Waals surface area contributed by atoms with Crippen molar-refractivity contribution in [3.8, 4) is 0 Å². The Bertz CT molecular complexity index is 1050. The lowest BCUT2D eigenvalue weighted by Gasteiger charge is -2.12. The van der Waals surface area contributed by atoms with E-state index < -0.39 is 10.8 Å². The molecule has 1 amide bonds. The molecule has 0 aliphatic heterocycles. The molecule has 3 rings (SSSR count). The van der Waals surface area contributed by atoms with E-state index >= 15 is 0 Å². The summed E-state index contributed by atoms with van der Waals surface area (Å²) in [5.74, 6) is -0.182. The summed E-state index contributed by atoms with van der Waals surface area (Å²) >= 11 is 0. The molecule has 0 saturated carbocycles. The van der Waals surface area contributed by atoms with Gasteiger partial charge < -0.3 is 5.32 Å². The molecule has 0 bridgehead atoms. The number of hydrogen-bond donors (Lipinski definition) is 3. The summed E-state index contributed by atoms with van der Waals surface area (Å²) in [4.78, 5) is 31.2. The Morgan fingerprint density at radius 2 is 1.63 bits per heavy atom. The van der Waals surface area contributed by atoms with Crippen molar-refractivity contribution in [3.63, 3.8) is 0 Å². The number of nitro groups is 1. The van der Waals surface area contributed by atoms with E-state index in [9.17, 15) is 14.9 Å². The molecule has 1 aromatic heterocycles. The highest BCUT2D eigenvalue weighted by molar-refractivity contribution is 5.95. The van der Waals surface area contributed by atoms with Gasteiger partial charge in [0.25, 0.3) is 5.91 Å². The van der Waals surface area contributed by atoms with Gasteiger partial charge >= 0.3 is 5.69 Å². The van der Waals surface area contributed by atoms with Crippen LogP contribution in [0, 0.1) is 17.0 Å². The molecular weight excluding hydrogens is 384 g/mol. The second kappa shape index (κ2) is 8.99. The van der Waals surface area contributed by atoms with Crippen LogP contribution in [0.25, 0.3) is 0 Å². The molecule has 0 spiro atoms. The topological polar surface area (TPSA) is 122 Å². The van der Waals surface area contributed by atoms with E-state index in [-0.39, 0.29) is 17.3 Å². The normalized spacial score (nSPS) is 10.5. The number of hydrogen-bond acceptors (Lipinski definition) is 7. The number of aromatic nitrogens is 2. The third-order valence-electron chi connectivity index (χ3n) is 4.45. The third kappa shape index (κ3) is 4.88. The predicted octanol–water partition coefficient (Wildman–Crippen LogP) is 4.32. The minimum absolute atomic E-state index is 0.0133. The molecule has 3 aromatic rings. The van der Waals surface area contributed by atoms with E-state index in [0.717, 1.165) is 11.1 Å². The minimum atomic E-state index is -0.606. The van der Waals surface area contributed by atoms with Gasteiger partial charge in [0, 0.05) is 11.3 Å². The Hall–Kier alpha value is -4.01. The van der Waals surface area contributed by atoms with E-state index in [4.69, 9.17) is 0 Å². The number of amides is 1. The van der Waals surface area contributed by atoms with Crippen LogP contribution in [0.5, 0.6) is 0 Å². The fraction of sp³-hybridized carbons (Fsp3) is 0.190. The first-order chi connectivity index (χ1) is 14.3. The lowest BCUT2D eigenvalue weighted by molar-refractivity contribution is -0.383. The summed E-state index contributed by atoms with van der Waals surface area (Å²) in [6, 6.07) is 14.5. The molecule has 9 nitrogen and oxygen atoms in total. The largest absolute Gasteiger partial charge is 0.355 e. The van der Waals surface area contributed by atoms with Crippen molar-refractivity contribution in [2.24, 2.45) is 0 Å². The molecule has 0 radical (unpaired) electrons. The zero-order valence-corrected chi connectivity index (χ0v) is 16.8. The Balaban J connectivity index is 1.79. The highest BCUT2D eigenvalue weighted by Crippen LogP contribution is 2.31. The first kappa shape index (κ1) is 20.7. The minimum Gasteiger partial charge on any atom is -0.334 e. The fourth-order valence-corrected chi connectivity index (χ4v) is 2.72. The molecule has 2 aromatic carbocycles. The standard InChI is InChI=1S/C21H22N6O3/c1-13(2)15-8-10-17(11-9-15)24-19-18(27(29)30)20(23-12-22-19)25-26-21(28)16-6-4-14(3)5-7-16/h4-13H,1-3H3,(H,26,28)(H2,22,23,24,25). The van der Waals surface area contributed by atoms with Gasteiger partial charge in [0.1, 0.15) is 6.33 Å². The number of nitrogens with zero attached hydrogens (tertiary/aromatic N) is 3. The van der Waals surface area contributed by atoms with E-state index in [1.165, 1.54) is 6.33 Å². The highest BCUT2D eigenvalue weighted by Gasteiger charge is 2.23. The molecule has 1 heterocycles. The SMILES string of the molecule is Cc1ccc(C(=O)NNc2ncnc(Nc3ccc(C(C)C)cc3)c2[N+](=O)[O-])cc1. The quantitative estimate of drug-likeness (QED) is 0.394. The number of anilines is 3. The summed E-state index contributed by atoms with van der Waals surface area (Å²) < 4.78 is 0. The zero-order valence-electron chi connectivity index (χ0n) is 16.8. The maximum Gasteiger partial charge on any atom is 0.355 e. The summed E-state index contributed by atoms with van der Waals surface area (Å²) in [6.07, 6.45) is 1.18. The number of aryl methyl sites for hydroxylation is 1. The van der Waals surface area contributed by atoms with Crippen LogP contribution in [-0.2, 0) is 0 Å². The molecule has 30 heavy (non-hydrogen) atoms. The Labute approximate surface area is 173 Å². The van der Waals surface area contributed by atoms with E-state index in [1.54, 1.807) is 24.3 Å². The second-order valence-corrected chi connectivity index (χ2v) is 7.02. The molecule has 0 unspecified atom stereocenters. The average Bonchev–Trinajstić information content (AvgIpc) is 2.72. The van der Waals surface area contributed by atoms with Crippen molar-refractivity contribution in [3.05, 3.63) is 81.7 Å². The van der Waals surface area contributed by atoms with Crippen LogP contribution in [0.1, 0.15) is 41.3 Å². The van der Waals surface area contributed by atoms with Crippen molar-refractivity contribution in [2.75, 3.05) is 10.7 Å². The van der Waals surface area contributed by atoms with Gasteiger partial charge in [-0.05, 0) is 42.7 Å². The van der Waals surface area contributed by atoms with Crippen molar-refractivity contribution >= 4 is 28.9 Å². The lowest BCUT2D eigenvalue weighted by Crippen LogP contribution is -2.30. The van der Waals surface area contributed by atoms with E-state index in [0.29, 0.717) is 17.2 Å². The maximum absolute atomic E-state index is 12.3. The van der Waals surface area contributed by atoms with E-state index in [2.05, 4.69) is 40.0 Å². The third-order valence-corrected chi connectivity index (χ3v) is 4.45. The lowest BCUT2D eigenvalue weighted by atomic mass is 10.0. The van der Waals surface area contributed by atoms with Crippen LogP contribution >= 0.6 is 0 Å². The predicted molar refractivity (Wildman–Crippen MR) is 115 cm³/mol. The molecular formula is C21H22N6O3. The van der Waals surface area contributed by atoms with Gasteiger partial charge in [-0.15, -0.1) is 0 Å². The van der Waals surface area contributed by atoms with Crippen LogP contribution < -0.4 is 16.2 Å². The number of carbonyl (C=O) groups excluding carboxylic acids is 1.